The molecule has 1 aromatic rings. The molecule has 1 saturated carbocycles. The van der Waals surface area contributed by atoms with Crippen LogP contribution in [0.15, 0.2) is 18.2 Å². The first-order chi connectivity index (χ1) is 9.66. The van der Waals surface area contributed by atoms with E-state index in [1.807, 2.05) is 6.07 Å². The molecule has 2 aliphatic rings. The molecule has 0 aromatic heterocycles. The number of aromatic hydroxyl groups is 1. The largest absolute Gasteiger partial charge is 0.508 e. The van der Waals surface area contributed by atoms with Crippen molar-refractivity contribution in [2.24, 2.45) is 5.41 Å². The van der Waals surface area contributed by atoms with E-state index in [4.69, 9.17) is 0 Å². The normalized spacial score (nSPS) is 23.1. The number of hydrogen-bond donors (Lipinski definition) is 2. The van der Waals surface area contributed by atoms with Gasteiger partial charge in [-0.05, 0) is 42.9 Å². The van der Waals surface area contributed by atoms with Crippen molar-refractivity contribution in [3.63, 3.8) is 0 Å². The van der Waals surface area contributed by atoms with Crippen molar-refractivity contribution in [1.29, 1.82) is 5.26 Å². The smallest absolute Gasteiger partial charge is 0.240 e. The molecule has 0 radical (unpaired) electrons. The molecule has 1 fully saturated rings. The molecule has 0 heterocycles. The molecule has 3 rings (SSSR count). The van der Waals surface area contributed by atoms with E-state index in [0.717, 1.165) is 36.8 Å². The molecule has 1 amide bonds. The third-order valence-corrected chi connectivity index (χ3v) is 4.66. The Labute approximate surface area is 118 Å². The fourth-order valence-corrected chi connectivity index (χ4v) is 3.45. The van der Waals surface area contributed by atoms with Crippen molar-refractivity contribution in [1.82, 2.24) is 5.32 Å². The van der Waals surface area contributed by atoms with Gasteiger partial charge in [-0.3, -0.25) is 4.79 Å². The number of carbonyl (C=O) groups is 1. The second-order valence-corrected chi connectivity index (χ2v) is 5.81. The molecule has 1 atom stereocenters. The predicted octanol–water partition coefficient (Wildman–Crippen LogP) is 2.58. The molecule has 0 saturated heterocycles. The molecule has 2 N–H and O–H groups in total. The fourth-order valence-electron chi connectivity index (χ4n) is 3.45. The van der Waals surface area contributed by atoms with Crippen molar-refractivity contribution < 1.29 is 9.90 Å². The van der Waals surface area contributed by atoms with E-state index in [-0.39, 0.29) is 11.9 Å². The van der Waals surface area contributed by atoms with Gasteiger partial charge in [0.05, 0.1) is 12.1 Å². The Hall–Kier alpha value is -2.02. The SMILES string of the molecule is N#CC1(C(=O)N[C@@H]2CCc3c(O)cccc32)CCCC1. The molecule has 1 aromatic carbocycles. The topological polar surface area (TPSA) is 73.1 Å². The van der Waals surface area contributed by atoms with Crippen LogP contribution in [0, 0.1) is 16.7 Å². The molecule has 2 aliphatic carbocycles. The summed E-state index contributed by atoms with van der Waals surface area (Å²) >= 11 is 0. The number of phenols is 1. The highest BCUT2D eigenvalue weighted by Crippen LogP contribution is 2.40. The minimum absolute atomic E-state index is 0.0737. The van der Waals surface area contributed by atoms with E-state index < -0.39 is 5.41 Å². The van der Waals surface area contributed by atoms with Crippen molar-refractivity contribution in [2.75, 3.05) is 0 Å². The zero-order valence-corrected chi connectivity index (χ0v) is 11.4. The zero-order valence-electron chi connectivity index (χ0n) is 11.4. The molecule has 4 nitrogen and oxygen atoms in total. The Kier molecular flexibility index (Phi) is 3.13. The molecular weight excluding hydrogens is 252 g/mol. The molecule has 0 unspecified atom stereocenters. The number of carbonyl (C=O) groups excluding carboxylic acids is 1. The maximum absolute atomic E-state index is 12.5. The Bertz CT molecular complexity index is 583. The number of benzene rings is 1. The van der Waals surface area contributed by atoms with E-state index in [1.54, 1.807) is 12.1 Å². The van der Waals surface area contributed by atoms with Crippen LogP contribution in [0.5, 0.6) is 5.75 Å². The highest BCUT2D eigenvalue weighted by molar-refractivity contribution is 5.86. The predicted molar refractivity (Wildman–Crippen MR) is 73.8 cm³/mol. The molecule has 20 heavy (non-hydrogen) atoms. The summed E-state index contributed by atoms with van der Waals surface area (Å²) in [5, 5.41) is 22.2. The first-order valence-corrected chi connectivity index (χ1v) is 7.19. The molecule has 0 spiro atoms. The van der Waals surface area contributed by atoms with Gasteiger partial charge < -0.3 is 10.4 Å². The van der Waals surface area contributed by atoms with Crippen LogP contribution in [-0.2, 0) is 11.2 Å². The van der Waals surface area contributed by atoms with Crippen LogP contribution in [0.2, 0.25) is 0 Å². The maximum atomic E-state index is 12.5. The van der Waals surface area contributed by atoms with E-state index >= 15 is 0 Å². The standard InChI is InChI=1S/C16H18N2O2/c17-10-16(8-1-2-9-16)15(20)18-13-7-6-12-11(13)4-3-5-14(12)19/h3-5,13,19H,1-2,6-9H2,(H,18,20)/t13-/m1/s1. The lowest BCUT2D eigenvalue weighted by Crippen LogP contribution is -2.39. The highest BCUT2D eigenvalue weighted by atomic mass is 16.3. The Morgan fingerprint density at radius 1 is 1.40 bits per heavy atom. The summed E-state index contributed by atoms with van der Waals surface area (Å²) in [6.07, 6.45) is 4.78. The molecule has 4 heteroatoms. The number of rotatable bonds is 2. The summed E-state index contributed by atoms with van der Waals surface area (Å²) in [7, 11) is 0. The highest BCUT2D eigenvalue weighted by Gasteiger charge is 2.42. The number of nitrogens with zero attached hydrogens (tertiary/aromatic N) is 1. The summed E-state index contributed by atoms with van der Waals surface area (Å²) in [6, 6.07) is 7.57. The van der Waals surface area contributed by atoms with Gasteiger partial charge in [-0.1, -0.05) is 25.0 Å². The average molecular weight is 270 g/mol. The Morgan fingerprint density at radius 3 is 2.85 bits per heavy atom. The van der Waals surface area contributed by atoms with Gasteiger partial charge in [0.2, 0.25) is 5.91 Å². The third-order valence-electron chi connectivity index (χ3n) is 4.66. The van der Waals surface area contributed by atoms with Crippen LogP contribution in [0.4, 0.5) is 0 Å². The number of hydrogen-bond acceptors (Lipinski definition) is 3. The summed E-state index contributed by atoms with van der Waals surface area (Å²) in [5.41, 5.74) is 1.08. The number of fused-ring (bicyclic) bond motifs is 1. The van der Waals surface area contributed by atoms with Crippen molar-refractivity contribution in [3.8, 4) is 11.8 Å². The summed E-state index contributed by atoms with van der Waals surface area (Å²) in [6.45, 7) is 0. The van der Waals surface area contributed by atoms with E-state index in [0.29, 0.717) is 18.6 Å². The summed E-state index contributed by atoms with van der Waals surface area (Å²) < 4.78 is 0. The van der Waals surface area contributed by atoms with Gasteiger partial charge >= 0.3 is 0 Å². The molecule has 0 bridgehead atoms. The monoisotopic (exact) mass is 270 g/mol. The minimum atomic E-state index is -0.834. The Morgan fingerprint density at radius 2 is 2.15 bits per heavy atom. The van der Waals surface area contributed by atoms with Crippen molar-refractivity contribution in [3.05, 3.63) is 29.3 Å². The zero-order chi connectivity index (χ0) is 14.2. The molecule has 0 aliphatic heterocycles. The number of phenolic OH excluding ortho intramolecular Hbond substituents is 1. The number of nitrogens with one attached hydrogen (secondary N) is 1. The van der Waals surface area contributed by atoms with Crippen LogP contribution in [-0.4, -0.2) is 11.0 Å². The summed E-state index contributed by atoms with van der Waals surface area (Å²) in [5.74, 6) is 0.161. The lowest BCUT2D eigenvalue weighted by Gasteiger charge is -2.23. The second kappa shape index (κ2) is 4.82. The molecule has 104 valence electrons. The van der Waals surface area contributed by atoms with Crippen molar-refractivity contribution >= 4 is 5.91 Å². The van der Waals surface area contributed by atoms with Gasteiger partial charge in [-0.15, -0.1) is 0 Å². The second-order valence-electron chi connectivity index (χ2n) is 5.81. The van der Waals surface area contributed by atoms with Gasteiger partial charge in [-0.2, -0.15) is 5.26 Å². The minimum Gasteiger partial charge on any atom is -0.508 e. The van der Waals surface area contributed by atoms with E-state index in [2.05, 4.69) is 11.4 Å². The van der Waals surface area contributed by atoms with Crippen LogP contribution in [0.3, 0.4) is 0 Å². The fraction of sp³-hybridized carbons (Fsp3) is 0.500. The molecular formula is C16H18N2O2. The van der Waals surface area contributed by atoms with Gasteiger partial charge in [-0.25, -0.2) is 0 Å². The first kappa shape index (κ1) is 13.0. The van der Waals surface area contributed by atoms with Gasteiger partial charge in [0.15, 0.2) is 0 Å². The van der Waals surface area contributed by atoms with Crippen LogP contribution in [0.1, 0.15) is 49.3 Å². The third kappa shape index (κ3) is 1.94. The van der Waals surface area contributed by atoms with Crippen LogP contribution >= 0.6 is 0 Å². The Balaban J connectivity index is 1.79. The maximum Gasteiger partial charge on any atom is 0.240 e. The number of nitriles is 1. The lowest BCUT2D eigenvalue weighted by atomic mass is 9.86. The van der Waals surface area contributed by atoms with E-state index in [1.165, 1.54) is 0 Å². The van der Waals surface area contributed by atoms with Crippen LogP contribution in [0.25, 0.3) is 0 Å². The summed E-state index contributed by atoms with van der Waals surface area (Å²) in [4.78, 5) is 12.5. The number of amides is 1. The van der Waals surface area contributed by atoms with Crippen molar-refractivity contribution in [2.45, 2.75) is 44.6 Å². The van der Waals surface area contributed by atoms with E-state index in [9.17, 15) is 15.2 Å². The van der Waals surface area contributed by atoms with Gasteiger partial charge in [0.25, 0.3) is 0 Å². The first-order valence-electron chi connectivity index (χ1n) is 7.19. The van der Waals surface area contributed by atoms with Crippen LogP contribution < -0.4 is 5.32 Å². The van der Waals surface area contributed by atoms with Gasteiger partial charge in [0.1, 0.15) is 11.2 Å². The lowest BCUT2D eigenvalue weighted by molar-refractivity contribution is -0.128. The average Bonchev–Trinajstić information content (AvgIpc) is 3.07. The van der Waals surface area contributed by atoms with Gasteiger partial charge in [0, 0.05) is 0 Å². The quantitative estimate of drug-likeness (QED) is 0.867.